The smallest absolute Gasteiger partial charge is 0.163 e. The fraction of sp³-hybridized carbons (Fsp3) is 0.562. The average Bonchev–Trinajstić information content (AvgIpc) is 2.41. The summed E-state index contributed by atoms with van der Waals surface area (Å²) in [4.78, 5) is 13.8. The second-order valence-corrected chi connectivity index (χ2v) is 5.03. The van der Waals surface area contributed by atoms with E-state index < -0.39 is 0 Å². The van der Waals surface area contributed by atoms with E-state index in [4.69, 9.17) is 9.47 Å². The first-order chi connectivity index (χ1) is 9.65. The van der Waals surface area contributed by atoms with Gasteiger partial charge in [0.25, 0.3) is 0 Å². The molecule has 0 amide bonds. The van der Waals surface area contributed by atoms with Crippen LogP contribution in [0.1, 0.15) is 33.6 Å². The first kappa shape index (κ1) is 14.7. The average molecular weight is 277 g/mol. The summed E-state index contributed by atoms with van der Waals surface area (Å²) in [6, 6.07) is 6.25. The first-order valence-corrected chi connectivity index (χ1v) is 7.33. The Morgan fingerprint density at radius 1 is 1.20 bits per heavy atom. The molecule has 2 rings (SSSR count). The predicted octanol–water partition coefficient (Wildman–Crippen LogP) is 3.04. The summed E-state index contributed by atoms with van der Waals surface area (Å²) >= 11 is 0. The highest BCUT2D eigenvalue weighted by Crippen LogP contribution is 2.34. The Morgan fingerprint density at radius 3 is 2.55 bits per heavy atom. The first-order valence-electron chi connectivity index (χ1n) is 7.33. The fourth-order valence-corrected chi connectivity index (χ4v) is 2.61. The maximum Gasteiger partial charge on any atom is 0.163 e. The number of benzene rings is 1. The van der Waals surface area contributed by atoms with Gasteiger partial charge in [0.1, 0.15) is 5.78 Å². The van der Waals surface area contributed by atoms with Gasteiger partial charge in [0.2, 0.25) is 0 Å². The van der Waals surface area contributed by atoms with Crippen LogP contribution in [0.15, 0.2) is 18.2 Å². The molecule has 0 aromatic heterocycles. The Labute approximate surface area is 120 Å². The quantitative estimate of drug-likeness (QED) is 0.829. The second-order valence-electron chi connectivity index (χ2n) is 5.03. The van der Waals surface area contributed by atoms with Crippen molar-refractivity contribution in [2.75, 3.05) is 24.7 Å². The van der Waals surface area contributed by atoms with Crippen molar-refractivity contribution < 1.29 is 14.3 Å². The zero-order valence-electron chi connectivity index (χ0n) is 12.5. The summed E-state index contributed by atoms with van der Waals surface area (Å²) < 4.78 is 11.2. The van der Waals surface area contributed by atoms with Crippen LogP contribution in [0, 0.1) is 0 Å². The molecular formula is C16H23NO3. The highest BCUT2D eigenvalue weighted by atomic mass is 16.5. The highest BCUT2D eigenvalue weighted by Gasteiger charge is 2.24. The molecule has 0 N–H and O–H groups in total. The number of ether oxygens (including phenoxy) is 2. The number of carbonyl (C=O) groups is 1. The number of ketones is 1. The molecule has 0 saturated carbocycles. The third-order valence-corrected chi connectivity index (χ3v) is 3.55. The van der Waals surface area contributed by atoms with Crippen LogP contribution in [0.5, 0.6) is 11.5 Å². The summed E-state index contributed by atoms with van der Waals surface area (Å²) in [5, 5.41) is 0. The lowest BCUT2D eigenvalue weighted by Gasteiger charge is -2.35. The number of hydrogen-bond acceptors (Lipinski definition) is 4. The van der Waals surface area contributed by atoms with E-state index >= 15 is 0 Å². The van der Waals surface area contributed by atoms with Crippen molar-refractivity contribution in [3.63, 3.8) is 0 Å². The molecular weight excluding hydrogens is 254 g/mol. The van der Waals surface area contributed by atoms with Crippen molar-refractivity contribution in [3.05, 3.63) is 18.2 Å². The molecule has 0 radical (unpaired) electrons. The van der Waals surface area contributed by atoms with Gasteiger partial charge in [-0.15, -0.1) is 0 Å². The minimum absolute atomic E-state index is 0.240. The standard InChI is InChI=1S/C16H23NO3/c1-4-19-15-7-6-13(11-16(15)20-5-2)17-9-8-14(18)10-12(17)3/h6-7,11-12H,4-5,8-10H2,1-3H3. The lowest BCUT2D eigenvalue weighted by atomic mass is 10.0. The molecule has 1 aromatic rings. The molecule has 1 unspecified atom stereocenters. The molecule has 0 bridgehead atoms. The molecule has 1 saturated heterocycles. The molecule has 0 aliphatic carbocycles. The second kappa shape index (κ2) is 6.64. The van der Waals surface area contributed by atoms with Gasteiger partial charge in [-0.2, -0.15) is 0 Å². The minimum atomic E-state index is 0.240. The molecule has 1 atom stereocenters. The van der Waals surface area contributed by atoms with Gasteiger partial charge in [-0.1, -0.05) is 0 Å². The van der Waals surface area contributed by atoms with Gasteiger partial charge in [-0.25, -0.2) is 0 Å². The lowest BCUT2D eigenvalue weighted by molar-refractivity contribution is -0.120. The van der Waals surface area contributed by atoms with E-state index in [-0.39, 0.29) is 6.04 Å². The SMILES string of the molecule is CCOc1ccc(N2CCC(=O)CC2C)cc1OCC. The summed E-state index contributed by atoms with van der Waals surface area (Å²) in [5.41, 5.74) is 1.09. The van der Waals surface area contributed by atoms with Crippen LogP contribution >= 0.6 is 0 Å². The molecule has 1 aliphatic heterocycles. The maximum atomic E-state index is 11.5. The molecule has 1 fully saturated rings. The van der Waals surface area contributed by atoms with Gasteiger partial charge in [0, 0.05) is 37.2 Å². The number of Topliss-reactive ketones (excluding diaryl/α,β-unsaturated/α-hetero) is 1. The number of anilines is 1. The molecule has 20 heavy (non-hydrogen) atoms. The van der Waals surface area contributed by atoms with E-state index in [1.165, 1.54) is 0 Å². The Bertz CT molecular complexity index is 473. The summed E-state index contributed by atoms with van der Waals surface area (Å²) in [7, 11) is 0. The van der Waals surface area contributed by atoms with E-state index in [1.54, 1.807) is 0 Å². The van der Waals surface area contributed by atoms with Crippen LogP contribution in [0.2, 0.25) is 0 Å². The number of rotatable bonds is 5. The van der Waals surface area contributed by atoms with Crippen LogP contribution in [-0.2, 0) is 4.79 Å². The van der Waals surface area contributed by atoms with Crippen molar-refractivity contribution in [2.24, 2.45) is 0 Å². The van der Waals surface area contributed by atoms with Crippen LogP contribution in [0.25, 0.3) is 0 Å². The number of carbonyl (C=O) groups excluding carboxylic acids is 1. The zero-order valence-corrected chi connectivity index (χ0v) is 12.5. The van der Waals surface area contributed by atoms with Crippen molar-refractivity contribution in [1.82, 2.24) is 0 Å². The highest BCUT2D eigenvalue weighted by molar-refractivity contribution is 5.81. The van der Waals surface area contributed by atoms with Crippen LogP contribution in [0.3, 0.4) is 0 Å². The number of hydrogen-bond donors (Lipinski definition) is 0. The number of piperidine rings is 1. The van der Waals surface area contributed by atoms with Crippen LogP contribution in [-0.4, -0.2) is 31.6 Å². The van der Waals surface area contributed by atoms with Gasteiger partial charge in [0.15, 0.2) is 11.5 Å². The summed E-state index contributed by atoms with van der Waals surface area (Å²) in [5.74, 6) is 1.90. The Kier molecular flexibility index (Phi) is 4.88. The zero-order chi connectivity index (χ0) is 14.5. The lowest BCUT2D eigenvalue weighted by Crippen LogP contribution is -2.41. The topological polar surface area (TPSA) is 38.8 Å². The van der Waals surface area contributed by atoms with Crippen molar-refractivity contribution in [1.29, 1.82) is 0 Å². The monoisotopic (exact) mass is 277 g/mol. The number of nitrogens with zero attached hydrogens (tertiary/aromatic N) is 1. The van der Waals surface area contributed by atoms with Crippen molar-refractivity contribution >= 4 is 11.5 Å². The van der Waals surface area contributed by atoms with Gasteiger partial charge in [-0.05, 0) is 32.9 Å². The molecule has 110 valence electrons. The van der Waals surface area contributed by atoms with Crippen LogP contribution in [0.4, 0.5) is 5.69 Å². The van der Waals surface area contributed by atoms with E-state index in [1.807, 2.05) is 32.0 Å². The van der Waals surface area contributed by atoms with E-state index in [9.17, 15) is 4.79 Å². The fourth-order valence-electron chi connectivity index (χ4n) is 2.61. The minimum Gasteiger partial charge on any atom is -0.490 e. The van der Waals surface area contributed by atoms with Gasteiger partial charge in [-0.3, -0.25) is 4.79 Å². The molecule has 4 nitrogen and oxygen atoms in total. The summed E-state index contributed by atoms with van der Waals surface area (Å²) in [6.45, 7) is 8.02. The Balaban J connectivity index is 2.23. The van der Waals surface area contributed by atoms with Crippen LogP contribution < -0.4 is 14.4 Å². The third kappa shape index (κ3) is 3.24. The molecule has 1 aromatic carbocycles. The van der Waals surface area contributed by atoms with Gasteiger partial charge >= 0.3 is 0 Å². The van der Waals surface area contributed by atoms with Gasteiger partial charge < -0.3 is 14.4 Å². The molecule has 4 heteroatoms. The summed E-state index contributed by atoms with van der Waals surface area (Å²) in [6.07, 6.45) is 1.25. The normalized spacial score (nSPS) is 19.1. The van der Waals surface area contributed by atoms with Crippen molar-refractivity contribution in [2.45, 2.75) is 39.7 Å². The van der Waals surface area contributed by atoms with E-state index in [2.05, 4.69) is 11.8 Å². The predicted molar refractivity (Wildman–Crippen MR) is 79.8 cm³/mol. The Hall–Kier alpha value is -1.71. The van der Waals surface area contributed by atoms with Crippen molar-refractivity contribution in [3.8, 4) is 11.5 Å². The van der Waals surface area contributed by atoms with E-state index in [0.717, 1.165) is 23.7 Å². The molecule has 1 aliphatic rings. The maximum absolute atomic E-state index is 11.5. The largest absolute Gasteiger partial charge is 0.490 e. The third-order valence-electron chi connectivity index (χ3n) is 3.55. The van der Waals surface area contributed by atoms with Gasteiger partial charge in [0.05, 0.1) is 13.2 Å². The Morgan fingerprint density at radius 2 is 1.90 bits per heavy atom. The van der Waals surface area contributed by atoms with E-state index in [0.29, 0.717) is 31.8 Å². The molecule has 0 spiro atoms. The molecule has 1 heterocycles.